The summed E-state index contributed by atoms with van der Waals surface area (Å²) in [7, 11) is 0. The fourth-order valence-electron chi connectivity index (χ4n) is 6.84. The van der Waals surface area contributed by atoms with E-state index in [1.807, 2.05) is 0 Å². The van der Waals surface area contributed by atoms with Gasteiger partial charge in [0.05, 0.1) is 17.4 Å². The minimum Gasteiger partial charge on any atom is -0.487 e. The topological polar surface area (TPSA) is 118 Å². The molecule has 1 saturated heterocycles. The first kappa shape index (κ1) is 31.2. The summed E-state index contributed by atoms with van der Waals surface area (Å²) >= 11 is 6.67. The van der Waals surface area contributed by atoms with Crippen molar-refractivity contribution in [3.63, 3.8) is 0 Å². The van der Waals surface area contributed by atoms with E-state index in [9.17, 15) is 28.3 Å². The molecule has 3 atom stereocenters. The van der Waals surface area contributed by atoms with Crippen LogP contribution in [0.5, 0.6) is 5.75 Å². The molecular formula is C30H38ClF2N5O5. The number of amides is 2. The zero-order valence-corrected chi connectivity index (χ0v) is 25.4. The molecule has 2 aliphatic heterocycles. The van der Waals surface area contributed by atoms with Gasteiger partial charge in [-0.1, -0.05) is 29.7 Å². The number of hydrogen-bond donors (Lipinski definition) is 1. The Bertz CT molecular complexity index is 1400. The number of aromatic nitrogens is 3. The first-order chi connectivity index (χ1) is 20.4. The van der Waals surface area contributed by atoms with Crippen molar-refractivity contribution < 1.29 is 33.0 Å². The molecule has 1 aliphatic carbocycles. The Morgan fingerprint density at radius 2 is 1.95 bits per heavy atom. The quantitative estimate of drug-likeness (QED) is 0.401. The van der Waals surface area contributed by atoms with E-state index >= 15 is 0 Å². The molecule has 3 heterocycles. The van der Waals surface area contributed by atoms with E-state index < -0.39 is 29.8 Å². The van der Waals surface area contributed by atoms with E-state index in [1.165, 1.54) is 4.68 Å². The van der Waals surface area contributed by atoms with Crippen molar-refractivity contribution in [2.45, 2.75) is 90.8 Å². The predicted octanol–water partition coefficient (Wildman–Crippen LogP) is 5.36. The number of alkyl halides is 2. The summed E-state index contributed by atoms with van der Waals surface area (Å²) in [6.45, 7) is 5.85. The van der Waals surface area contributed by atoms with Crippen LogP contribution in [0.2, 0.25) is 5.02 Å². The summed E-state index contributed by atoms with van der Waals surface area (Å²) in [4.78, 5) is 42.8. The van der Waals surface area contributed by atoms with Gasteiger partial charge in [0.1, 0.15) is 23.7 Å². The molecule has 2 aromatic rings. The van der Waals surface area contributed by atoms with Gasteiger partial charge in [-0.05, 0) is 64.2 Å². The van der Waals surface area contributed by atoms with Crippen LogP contribution in [0.4, 0.5) is 8.78 Å². The Hall–Kier alpha value is -3.28. The van der Waals surface area contributed by atoms with Gasteiger partial charge in [0.15, 0.2) is 0 Å². The van der Waals surface area contributed by atoms with Crippen LogP contribution in [0.3, 0.4) is 0 Å². The number of nitrogens with zero attached hydrogens (tertiary/aromatic N) is 5. The molecule has 3 aliphatic rings. The molecule has 0 radical (unpaired) electrons. The van der Waals surface area contributed by atoms with E-state index in [4.69, 9.17) is 16.3 Å². The highest BCUT2D eigenvalue weighted by atomic mass is 35.5. The van der Waals surface area contributed by atoms with Gasteiger partial charge in [-0.25, -0.2) is 13.5 Å². The molecule has 0 spiro atoms. The molecule has 10 nitrogen and oxygen atoms in total. The maximum atomic E-state index is 14.3. The molecular weight excluding hydrogens is 584 g/mol. The SMILES string of the molecule is CC(C)n1nnc(COc2ccc(Cl)c3c2[C@@H](CN2CCCC2=O)N(C(=O)[C@@H]2CCCC[C@]2(C)C(=O)O)CC3)c1C(F)F. The number of carbonyl (C=O) groups is 3. The Balaban J connectivity index is 1.53. The fourth-order valence-corrected chi connectivity index (χ4v) is 7.10. The standard InChI is InChI=1S/C30H38ClF2N5O5/c1-17(2)38-26(27(32)33)21(34-35-38)16-43-23-10-9-20(31)18-11-14-37(22(25(18)23)15-36-13-6-8-24(36)39)28(40)19-7-4-5-12-30(19,3)29(41)42/h9-10,17,19,22,27H,4-8,11-16H2,1-3H3,(H,41,42)/t19-,22+,30-/m0/s1. The van der Waals surface area contributed by atoms with Crippen LogP contribution in [0.1, 0.15) is 100 Å². The van der Waals surface area contributed by atoms with Gasteiger partial charge in [-0.3, -0.25) is 14.4 Å². The van der Waals surface area contributed by atoms with Crippen molar-refractivity contribution >= 4 is 29.4 Å². The van der Waals surface area contributed by atoms with Crippen LogP contribution in [0.25, 0.3) is 0 Å². The van der Waals surface area contributed by atoms with Crippen LogP contribution >= 0.6 is 11.6 Å². The van der Waals surface area contributed by atoms with Gasteiger partial charge >= 0.3 is 5.97 Å². The summed E-state index contributed by atoms with van der Waals surface area (Å²) in [6.07, 6.45) is 1.05. The van der Waals surface area contributed by atoms with Gasteiger partial charge in [-0.2, -0.15) is 0 Å². The maximum Gasteiger partial charge on any atom is 0.310 e. The third-order valence-electron chi connectivity index (χ3n) is 9.28. The van der Waals surface area contributed by atoms with Gasteiger partial charge < -0.3 is 19.6 Å². The monoisotopic (exact) mass is 621 g/mol. The number of ether oxygens (including phenoxy) is 1. The highest BCUT2D eigenvalue weighted by Gasteiger charge is 2.50. The molecule has 2 fully saturated rings. The number of benzene rings is 1. The van der Waals surface area contributed by atoms with Gasteiger partial charge in [0, 0.05) is 42.7 Å². The van der Waals surface area contributed by atoms with Crippen molar-refractivity contribution in [2.24, 2.45) is 11.3 Å². The Kier molecular flexibility index (Phi) is 8.97. The number of hydrogen-bond acceptors (Lipinski definition) is 6. The van der Waals surface area contributed by atoms with Crippen molar-refractivity contribution in [2.75, 3.05) is 19.6 Å². The second kappa shape index (κ2) is 12.4. The molecule has 13 heteroatoms. The fraction of sp³-hybridized carbons (Fsp3) is 0.633. The van der Waals surface area contributed by atoms with E-state index in [-0.39, 0.29) is 42.4 Å². The highest BCUT2D eigenvalue weighted by Crippen LogP contribution is 2.46. The molecule has 5 rings (SSSR count). The van der Waals surface area contributed by atoms with Crippen LogP contribution in [0.15, 0.2) is 12.1 Å². The normalized spacial score (nSPS) is 24.1. The Morgan fingerprint density at radius 1 is 1.19 bits per heavy atom. The average molecular weight is 622 g/mol. The van der Waals surface area contributed by atoms with Crippen LogP contribution < -0.4 is 4.74 Å². The number of aliphatic carboxylic acids is 1. The number of fused-ring (bicyclic) bond motifs is 1. The minimum absolute atomic E-state index is 0.00171. The number of carboxylic acids is 1. The number of rotatable bonds is 9. The van der Waals surface area contributed by atoms with Crippen molar-refractivity contribution in [3.8, 4) is 5.75 Å². The first-order valence-corrected chi connectivity index (χ1v) is 15.3. The summed E-state index contributed by atoms with van der Waals surface area (Å²) < 4.78 is 35.3. The zero-order valence-electron chi connectivity index (χ0n) is 24.7. The summed E-state index contributed by atoms with van der Waals surface area (Å²) in [5.74, 6) is -1.66. The molecule has 1 aromatic carbocycles. The lowest BCUT2D eigenvalue weighted by Crippen LogP contribution is -2.52. The number of carboxylic acid groups (broad SMARTS) is 1. The zero-order chi connectivity index (χ0) is 31.1. The van der Waals surface area contributed by atoms with Gasteiger partial charge in [-0.15, -0.1) is 5.10 Å². The Morgan fingerprint density at radius 3 is 2.60 bits per heavy atom. The lowest BCUT2D eigenvalue weighted by atomic mass is 9.66. The largest absolute Gasteiger partial charge is 0.487 e. The average Bonchev–Trinajstić information content (AvgIpc) is 3.59. The van der Waals surface area contributed by atoms with Crippen LogP contribution in [-0.4, -0.2) is 67.3 Å². The highest BCUT2D eigenvalue weighted by molar-refractivity contribution is 6.31. The van der Waals surface area contributed by atoms with Crippen molar-refractivity contribution in [1.82, 2.24) is 24.8 Å². The molecule has 1 N–H and O–H groups in total. The second-order valence-electron chi connectivity index (χ2n) is 12.2. The summed E-state index contributed by atoms with van der Waals surface area (Å²) in [6, 6.07) is 2.33. The number of likely N-dealkylation sites (tertiary alicyclic amines) is 1. The third kappa shape index (κ3) is 5.82. The number of halogens is 3. The lowest BCUT2D eigenvalue weighted by molar-refractivity contribution is -0.162. The molecule has 0 unspecified atom stereocenters. The van der Waals surface area contributed by atoms with Gasteiger partial charge in [0.25, 0.3) is 6.43 Å². The van der Waals surface area contributed by atoms with Gasteiger partial charge in [0.2, 0.25) is 11.8 Å². The van der Waals surface area contributed by atoms with E-state index in [1.54, 1.807) is 42.7 Å². The molecule has 234 valence electrons. The third-order valence-corrected chi connectivity index (χ3v) is 9.63. The molecule has 2 amide bonds. The summed E-state index contributed by atoms with van der Waals surface area (Å²) in [5, 5.41) is 18.5. The van der Waals surface area contributed by atoms with Crippen LogP contribution in [0, 0.1) is 11.3 Å². The molecule has 0 bridgehead atoms. The van der Waals surface area contributed by atoms with E-state index in [2.05, 4.69) is 10.3 Å². The van der Waals surface area contributed by atoms with Crippen molar-refractivity contribution in [3.05, 3.63) is 39.7 Å². The number of carbonyl (C=O) groups excluding carboxylic acids is 2. The smallest absolute Gasteiger partial charge is 0.310 e. The second-order valence-corrected chi connectivity index (χ2v) is 12.7. The molecule has 43 heavy (non-hydrogen) atoms. The van der Waals surface area contributed by atoms with Crippen LogP contribution in [-0.2, 0) is 27.4 Å². The van der Waals surface area contributed by atoms with E-state index in [0.29, 0.717) is 61.5 Å². The first-order valence-electron chi connectivity index (χ1n) is 14.9. The lowest BCUT2D eigenvalue weighted by Gasteiger charge is -2.45. The Labute approximate surface area is 254 Å². The predicted molar refractivity (Wildman–Crippen MR) is 153 cm³/mol. The van der Waals surface area contributed by atoms with Crippen molar-refractivity contribution in [1.29, 1.82) is 0 Å². The molecule has 1 saturated carbocycles. The minimum atomic E-state index is -2.81. The molecule has 1 aromatic heterocycles. The van der Waals surface area contributed by atoms with E-state index in [0.717, 1.165) is 18.4 Å². The summed E-state index contributed by atoms with van der Waals surface area (Å²) in [5.41, 5.74) is -0.162. The maximum absolute atomic E-state index is 14.3.